The fourth-order valence-electron chi connectivity index (χ4n) is 3.51. The Morgan fingerprint density at radius 3 is 2.28 bits per heavy atom. The first-order valence-corrected chi connectivity index (χ1v) is 8.74. The number of carbonyl (C=O) groups is 1. The zero-order valence-corrected chi connectivity index (χ0v) is 14.6. The molecular weight excluding hydrogens is 312 g/mol. The van der Waals surface area contributed by atoms with Crippen LogP contribution in [-0.2, 0) is 0 Å². The third-order valence-corrected chi connectivity index (χ3v) is 5.14. The highest BCUT2D eigenvalue weighted by atomic mass is 16.2. The van der Waals surface area contributed by atoms with E-state index in [0.717, 1.165) is 48.0 Å². The minimum atomic E-state index is 0.0615. The first kappa shape index (κ1) is 16.0. The van der Waals surface area contributed by atoms with Crippen LogP contribution in [0.3, 0.4) is 0 Å². The van der Waals surface area contributed by atoms with E-state index in [1.54, 1.807) is 0 Å². The maximum atomic E-state index is 12.9. The van der Waals surface area contributed by atoms with Gasteiger partial charge in [-0.1, -0.05) is 12.1 Å². The van der Waals surface area contributed by atoms with Crippen molar-refractivity contribution in [2.75, 3.05) is 27.2 Å². The van der Waals surface area contributed by atoms with E-state index in [4.69, 9.17) is 0 Å². The van der Waals surface area contributed by atoms with Gasteiger partial charge in [0.25, 0.3) is 5.91 Å². The van der Waals surface area contributed by atoms with Crippen LogP contribution in [0.25, 0.3) is 22.1 Å². The highest BCUT2D eigenvalue weighted by Crippen LogP contribution is 2.20. The second-order valence-electron chi connectivity index (χ2n) is 6.87. The summed E-state index contributed by atoms with van der Waals surface area (Å²) in [5.41, 5.74) is 3.98. The quantitative estimate of drug-likeness (QED) is 0.676. The number of para-hydroxylation sites is 2. The number of benzene rings is 2. The summed E-state index contributed by atoms with van der Waals surface area (Å²) in [5, 5.41) is 0. The molecule has 0 unspecified atom stereocenters. The molecule has 128 valence electrons. The first-order chi connectivity index (χ1) is 12.1. The van der Waals surface area contributed by atoms with Gasteiger partial charge in [0.15, 0.2) is 0 Å². The number of hydrogen-bond donors (Lipinski definition) is 0. The van der Waals surface area contributed by atoms with Crippen molar-refractivity contribution in [2.45, 2.75) is 18.9 Å². The van der Waals surface area contributed by atoms with Crippen LogP contribution in [0, 0.1) is 0 Å². The van der Waals surface area contributed by atoms with Crippen molar-refractivity contribution in [3.8, 4) is 0 Å². The van der Waals surface area contributed by atoms with Crippen LogP contribution in [0.2, 0.25) is 0 Å². The highest BCUT2D eigenvalue weighted by molar-refractivity contribution is 5.98. The molecule has 3 aromatic rings. The number of carbonyl (C=O) groups excluding carboxylic acids is 1. The van der Waals surface area contributed by atoms with Crippen molar-refractivity contribution in [1.29, 1.82) is 0 Å². The van der Waals surface area contributed by atoms with E-state index in [2.05, 4.69) is 21.9 Å². The summed E-state index contributed by atoms with van der Waals surface area (Å²) in [4.78, 5) is 26.4. The molecule has 1 aromatic heterocycles. The van der Waals surface area contributed by atoms with Crippen LogP contribution in [0.1, 0.15) is 23.2 Å². The Morgan fingerprint density at radius 1 is 1.00 bits per heavy atom. The van der Waals surface area contributed by atoms with Crippen molar-refractivity contribution in [3.63, 3.8) is 0 Å². The molecule has 2 heterocycles. The van der Waals surface area contributed by atoms with E-state index in [1.165, 1.54) is 0 Å². The molecule has 1 aliphatic rings. The Morgan fingerprint density at radius 2 is 1.60 bits per heavy atom. The molecule has 1 saturated heterocycles. The van der Waals surface area contributed by atoms with Gasteiger partial charge in [-0.25, -0.2) is 9.97 Å². The Bertz CT molecular complexity index is 931. The summed E-state index contributed by atoms with van der Waals surface area (Å²) >= 11 is 0. The smallest absolute Gasteiger partial charge is 0.253 e. The molecule has 5 heteroatoms. The van der Waals surface area contributed by atoms with Gasteiger partial charge in [-0.05, 0) is 63.3 Å². The van der Waals surface area contributed by atoms with Gasteiger partial charge in [0.2, 0.25) is 0 Å². The molecule has 0 bridgehead atoms. The van der Waals surface area contributed by atoms with Crippen molar-refractivity contribution < 1.29 is 4.79 Å². The number of rotatable bonds is 2. The van der Waals surface area contributed by atoms with Gasteiger partial charge in [0.1, 0.15) is 0 Å². The highest BCUT2D eigenvalue weighted by Gasteiger charge is 2.24. The largest absolute Gasteiger partial charge is 0.339 e. The summed E-state index contributed by atoms with van der Waals surface area (Å²) in [6, 6.07) is 13.7. The summed E-state index contributed by atoms with van der Waals surface area (Å²) in [7, 11) is 4.04. The number of amides is 1. The average Bonchev–Trinajstić information content (AvgIpc) is 2.65. The molecule has 0 atom stereocenters. The van der Waals surface area contributed by atoms with Crippen molar-refractivity contribution >= 4 is 28.0 Å². The maximum Gasteiger partial charge on any atom is 0.253 e. The molecule has 25 heavy (non-hydrogen) atoms. The average molecular weight is 334 g/mol. The van der Waals surface area contributed by atoms with Crippen molar-refractivity contribution in [2.24, 2.45) is 0 Å². The zero-order chi connectivity index (χ0) is 17.4. The molecule has 0 radical (unpaired) electrons. The molecule has 1 fully saturated rings. The van der Waals surface area contributed by atoms with E-state index >= 15 is 0 Å². The van der Waals surface area contributed by atoms with Crippen LogP contribution >= 0.6 is 0 Å². The number of hydrogen-bond acceptors (Lipinski definition) is 4. The van der Waals surface area contributed by atoms with Crippen LogP contribution in [-0.4, -0.2) is 58.9 Å². The van der Waals surface area contributed by atoms with E-state index < -0.39 is 0 Å². The Labute approximate surface area is 147 Å². The minimum Gasteiger partial charge on any atom is -0.339 e. The number of likely N-dealkylation sites (tertiary alicyclic amines) is 1. The number of piperidine rings is 1. The van der Waals surface area contributed by atoms with Gasteiger partial charge in [-0.3, -0.25) is 4.79 Å². The lowest BCUT2D eigenvalue weighted by Crippen LogP contribution is -2.44. The minimum absolute atomic E-state index is 0.0615. The predicted octanol–water partition coefficient (Wildman–Crippen LogP) is 2.95. The lowest BCUT2D eigenvalue weighted by molar-refractivity contribution is 0.0660. The zero-order valence-electron chi connectivity index (χ0n) is 14.6. The van der Waals surface area contributed by atoms with Crippen LogP contribution in [0.4, 0.5) is 0 Å². The van der Waals surface area contributed by atoms with E-state index in [1.807, 2.05) is 54.4 Å². The van der Waals surface area contributed by atoms with Crippen molar-refractivity contribution in [1.82, 2.24) is 19.8 Å². The lowest BCUT2D eigenvalue weighted by atomic mass is 10.0. The monoisotopic (exact) mass is 334 g/mol. The Hall–Kier alpha value is -2.53. The number of nitrogens with zero attached hydrogens (tertiary/aromatic N) is 4. The summed E-state index contributed by atoms with van der Waals surface area (Å²) in [6.45, 7) is 2.08. The van der Waals surface area contributed by atoms with Gasteiger partial charge in [0.05, 0.1) is 22.1 Å². The molecule has 1 amide bonds. The Kier molecular flexibility index (Phi) is 4.09. The fraction of sp³-hybridized carbons (Fsp3) is 0.350. The molecule has 0 N–H and O–H groups in total. The third-order valence-electron chi connectivity index (χ3n) is 5.14. The normalized spacial score (nSPS) is 16.4. The molecule has 0 spiro atoms. The molecule has 0 aliphatic carbocycles. The predicted molar refractivity (Wildman–Crippen MR) is 99.7 cm³/mol. The lowest BCUT2D eigenvalue weighted by Gasteiger charge is -2.35. The van der Waals surface area contributed by atoms with Gasteiger partial charge in [-0.2, -0.15) is 0 Å². The topological polar surface area (TPSA) is 49.3 Å². The Balaban J connectivity index is 1.64. The van der Waals surface area contributed by atoms with E-state index in [0.29, 0.717) is 11.6 Å². The van der Waals surface area contributed by atoms with Crippen LogP contribution in [0.5, 0.6) is 0 Å². The summed E-state index contributed by atoms with van der Waals surface area (Å²) in [5.74, 6) is 0.0615. The summed E-state index contributed by atoms with van der Waals surface area (Å²) < 4.78 is 0. The van der Waals surface area contributed by atoms with Crippen LogP contribution in [0.15, 0.2) is 42.5 Å². The second-order valence-corrected chi connectivity index (χ2v) is 6.87. The number of fused-ring (bicyclic) bond motifs is 2. The molecular formula is C20H22N4O. The standard InChI is InChI=1S/C20H22N4O/c1-23-11-9-15(10-12-23)24(2)20(25)14-7-8-18-19(13-14)22-17-6-4-3-5-16(17)21-18/h3-8,13,15H,9-12H2,1-2H3. The SMILES string of the molecule is CN1CCC(N(C)C(=O)c2ccc3nc4ccccc4nc3c2)CC1. The van der Waals surface area contributed by atoms with Crippen molar-refractivity contribution in [3.05, 3.63) is 48.0 Å². The number of aromatic nitrogens is 2. The maximum absolute atomic E-state index is 12.9. The van der Waals surface area contributed by atoms with Gasteiger partial charge in [-0.15, -0.1) is 0 Å². The summed E-state index contributed by atoms with van der Waals surface area (Å²) in [6.07, 6.45) is 2.05. The second kappa shape index (κ2) is 6.41. The van der Waals surface area contributed by atoms with E-state index in [9.17, 15) is 4.79 Å². The van der Waals surface area contributed by atoms with Crippen LogP contribution < -0.4 is 0 Å². The third kappa shape index (κ3) is 3.07. The molecule has 0 saturated carbocycles. The van der Waals surface area contributed by atoms with Gasteiger partial charge >= 0.3 is 0 Å². The molecule has 1 aliphatic heterocycles. The fourth-order valence-corrected chi connectivity index (χ4v) is 3.51. The van der Waals surface area contributed by atoms with E-state index in [-0.39, 0.29) is 5.91 Å². The van der Waals surface area contributed by atoms with Gasteiger partial charge in [0, 0.05) is 18.7 Å². The molecule has 2 aromatic carbocycles. The molecule has 4 rings (SSSR count). The van der Waals surface area contributed by atoms with Gasteiger partial charge < -0.3 is 9.80 Å². The molecule has 5 nitrogen and oxygen atoms in total. The first-order valence-electron chi connectivity index (χ1n) is 8.74.